The first-order chi connectivity index (χ1) is 11.1. The SMILES string of the molecule is O=Cc1c(C=O)c(C(=O)O)c2c(ccc3ccccc32)c1C=O. The Labute approximate surface area is 130 Å². The smallest absolute Gasteiger partial charge is 0.337 e. The van der Waals surface area contributed by atoms with Gasteiger partial charge in [0, 0.05) is 22.1 Å². The highest BCUT2D eigenvalue weighted by Crippen LogP contribution is 2.34. The van der Waals surface area contributed by atoms with E-state index in [9.17, 15) is 24.3 Å². The van der Waals surface area contributed by atoms with Crippen molar-refractivity contribution in [3.05, 3.63) is 58.7 Å². The van der Waals surface area contributed by atoms with Crippen LogP contribution in [0.3, 0.4) is 0 Å². The summed E-state index contributed by atoms with van der Waals surface area (Å²) in [5.41, 5.74) is -0.721. The zero-order chi connectivity index (χ0) is 16.6. The molecule has 0 unspecified atom stereocenters. The third kappa shape index (κ3) is 2.02. The van der Waals surface area contributed by atoms with Gasteiger partial charge in [0.15, 0.2) is 18.9 Å². The Bertz CT molecular complexity index is 1000. The summed E-state index contributed by atoms with van der Waals surface area (Å²) in [5.74, 6) is -1.32. The summed E-state index contributed by atoms with van der Waals surface area (Å²) in [7, 11) is 0. The number of carbonyl (C=O) groups is 4. The fourth-order valence-corrected chi connectivity index (χ4v) is 2.92. The Morgan fingerprint density at radius 1 is 0.783 bits per heavy atom. The molecule has 0 spiro atoms. The number of carboxylic acid groups (broad SMARTS) is 1. The molecule has 0 saturated carbocycles. The second kappa shape index (κ2) is 5.46. The topological polar surface area (TPSA) is 88.5 Å². The molecule has 0 aromatic heterocycles. The molecule has 1 N–H and O–H groups in total. The molecule has 5 heteroatoms. The molecule has 0 saturated heterocycles. The van der Waals surface area contributed by atoms with Crippen LogP contribution in [0.4, 0.5) is 0 Å². The van der Waals surface area contributed by atoms with Crippen LogP contribution in [0.1, 0.15) is 41.4 Å². The fourth-order valence-electron chi connectivity index (χ4n) is 2.92. The number of carbonyl (C=O) groups excluding carboxylic acids is 3. The summed E-state index contributed by atoms with van der Waals surface area (Å²) >= 11 is 0. The summed E-state index contributed by atoms with van der Waals surface area (Å²) in [5, 5.41) is 11.6. The van der Waals surface area contributed by atoms with Gasteiger partial charge in [-0.05, 0) is 16.2 Å². The van der Waals surface area contributed by atoms with Crippen molar-refractivity contribution >= 4 is 46.4 Å². The van der Waals surface area contributed by atoms with E-state index in [1.165, 1.54) is 0 Å². The number of fused-ring (bicyclic) bond motifs is 3. The first-order valence-corrected chi connectivity index (χ1v) is 6.74. The lowest BCUT2D eigenvalue weighted by Gasteiger charge is -2.14. The number of hydrogen-bond donors (Lipinski definition) is 1. The molecule has 5 nitrogen and oxygen atoms in total. The van der Waals surface area contributed by atoms with Gasteiger partial charge in [0.1, 0.15) is 0 Å². The van der Waals surface area contributed by atoms with E-state index in [-0.39, 0.29) is 27.6 Å². The maximum atomic E-state index is 11.7. The molecule has 0 atom stereocenters. The molecular weight excluding hydrogens is 296 g/mol. The third-order valence-electron chi connectivity index (χ3n) is 3.89. The molecule has 112 valence electrons. The number of rotatable bonds is 4. The van der Waals surface area contributed by atoms with E-state index in [2.05, 4.69) is 0 Å². The quantitative estimate of drug-likeness (QED) is 0.591. The van der Waals surface area contributed by atoms with Gasteiger partial charge in [-0.25, -0.2) is 4.79 Å². The zero-order valence-electron chi connectivity index (χ0n) is 11.8. The minimum atomic E-state index is -1.32. The van der Waals surface area contributed by atoms with Gasteiger partial charge in [-0.2, -0.15) is 0 Å². The number of carboxylic acids is 1. The Morgan fingerprint density at radius 3 is 2.04 bits per heavy atom. The molecule has 0 amide bonds. The highest BCUT2D eigenvalue weighted by molar-refractivity contribution is 6.24. The van der Waals surface area contributed by atoms with Crippen molar-refractivity contribution in [2.24, 2.45) is 0 Å². The zero-order valence-corrected chi connectivity index (χ0v) is 11.8. The van der Waals surface area contributed by atoms with Gasteiger partial charge in [0.25, 0.3) is 0 Å². The maximum absolute atomic E-state index is 11.7. The average Bonchev–Trinajstić information content (AvgIpc) is 2.58. The van der Waals surface area contributed by atoms with Crippen LogP contribution in [0, 0.1) is 0 Å². The molecule has 0 bridgehead atoms. The molecular formula is C18H10O5. The number of benzene rings is 3. The van der Waals surface area contributed by atoms with Crippen LogP contribution in [0.2, 0.25) is 0 Å². The van der Waals surface area contributed by atoms with E-state index in [0.717, 1.165) is 5.39 Å². The van der Waals surface area contributed by atoms with Crippen LogP contribution >= 0.6 is 0 Å². The van der Waals surface area contributed by atoms with E-state index >= 15 is 0 Å². The molecule has 3 aromatic carbocycles. The van der Waals surface area contributed by atoms with Gasteiger partial charge in [0.05, 0.1) is 5.56 Å². The summed E-state index contributed by atoms with van der Waals surface area (Å²) in [6.45, 7) is 0. The maximum Gasteiger partial charge on any atom is 0.337 e. The van der Waals surface area contributed by atoms with E-state index in [0.29, 0.717) is 29.6 Å². The third-order valence-corrected chi connectivity index (χ3v) is 3.89. The minimum absolute atomic E-state index is 0.0212. The first-order valence-electron chi connectivity index (χ1n) is 6.74. The Hall–Kier alpha value is -3.34. The van der Waals surface area contributed by atoms with Crippen molar-refractivity contribution in [1.82, 2.24) is 0 Å². The molecule has 3 aromatic rings. The van der Waals surface area contributed by atoms with Crippen LogP contribution in [0.25, 0.3) is 21.5 Å². The average molecular weight is 306 g/mol. The lowest BCUT2D eigenvalue weighted by molar-refractivity contribution is 0.0696. The highest BCUT2D eigenvalue weighted by Gasteiger charge is 2.23. The normalized spacial score (nSPS) is 10.6. The van der Waals surface area contributed by atoms with Crippen molar-refractivity contribution in [3.63, 3.8) is 0 Å². The van der Waals surface area contributed by atoms with Crippen LogP contribution in [-0.4, -0.2) is 29.9 Å². The number of aldehydes is 3. The van der Waals surface area contributed by atoms with Crippen molar-refractivity contribution in [1.29, 1.82) is 0 Å². The standard InChI is InChI=1S/C18H10O5/c19-7-13-12-6-5-10-3-1-2-4-11(10)16(12)17(18(22)23)15(9-21)14(13)8-20/h1-9H,(H,22,23). The lowest BCUT2D eigenvalue weighted by Crippen LogP contribution is -2.10. The second-order valence-electron chi connectivity index (χ2n) is 4.98. The molecule has 0 aliphatic rings. The van der Waals surface area contributed by atoms with Gasteiger partial charge in [-0.3, -0.25) is 14.4 Å². The van der Waals surface area contributed by atoms with E-state index in [4.69, 9.17) is 0 Å². The molecule has 0 aliphatic heterocycles. The van der Waals surface area contributed by atoms with E-state index in [1.54, 1.807) is 36.4 Å². The summed E-state index contributed by atoms with van der Waals surface area (Å²) in [6.07, 6.45) is 1.12. The number of aromatic carboxylic acids is 1. The lowest BCUT2D eigenvalue weighted by atomic mass is 9.87. The van der Waals surface area contributed by atoms with Crippen molar-refractivity contribution in [2.45, 2.75) is 0 Å². The molecule has 23 heavy (non-hydrogen) atoms. The van der Waals surface area contributed by atoms with Crippen LogP contribution < -0.4 is 0 Å². The molecule has 0 radical (unpaired) electrons. The Balaban J connectivity index is 2.75. The minimum Gasteiger partial charge on any atom is -0.478 e. The van der Waals surface area contributed by atoms with Crippen LogP contribution in [0.5, 0.6) is 0 Å². The molecule has 0 heterocycles. The van der Waals surface area contributed by atoms with Crippen molar-refractivity contribution < 1.29 is 24.3 Å². The van der Waals surface area contributed by atoms with Gasteiger partial charge < -0.3 is 5.11 Å². The van der Waals surface area contributed by atoms with Gasteiger partial charge in [-0.1, -0.05) is 36.4 Å². The predicted octanol–water partition coefficient (Wildman–Crippen LogP) is 3.13. The Kier molecular flexibility index (Phi) is 3.46. The molecule has 0 fully saturated rings. The summed E-state index contributed by atoms with van der Waals surface area (Å²) in [6, 6.07) is 10.4. The van der Waals surface area contributed by atoms with Crippen molar-refractivity contribution in [2.75, 3.05) is 0 Å². The highest BCUT2D eigenvalue weighted by atomic mass is 16.4. The summed E-state index contributed by atoms with van der Waals surface area (Å²) < 4.78 is 0. The van der Waals surface area contributed by atoms with Gasteiger partial charge >= 0.3 is 5.97 Å². The summed E-state index contributed by atoms with van der Waals surface area (Å²) in [4.78, 5) is 46.0. The van der Waals surface area contributed by atoms with E-state index < -0.39 is 5.97 Å². The fraction of sp³-hybridized carbons (Fsp3) is 0. The van der Waals surface area contributed by atoms with Gasteiger partial charge in [-0.15, -0.1) is 0 Å². The van der Waals surface area contributed by atoms with Crippen LogP contribution in [-0.2, 0) is 0 Å². The van der Waals surface area contributed by atoms with Crippen molar-refractivity contribution in [3.8, 4) is 0 Å². The Morgan fingerprint density at radius 2 is 1.43 bits per heavy atom. The first kappa shape index (κ1) is 14.6. The largest absolute Gasteiger partial charge is 0.478 e. The molecule has 3 rings (SSSR count). The molecule has 0 aliphatic carbocycles. The monoisotopic (exact) mass is 306 g/mol. The predicted molar refractivity (Wildman–Crippen MR) is 84.6 cm³/mol. The number of hydrogen-bond acceptors (Lipinski definition) is 4. The second-order valence-corrected chi connectivity index (χ2v) is 4.98. The van der Waals surface area contributed by atoms with E-state index in [1.807, 2.05) is 0 Å². The van der Waals surface area contributed by atoms with Gasteiger partial charge in [0.2, 0.25) is 0 Å². The van der Waals surface area contributed by atoms with Crippen LogP contribution in [0.15, 0.2) is 36.4 Å².